The number of aromatic nitrogens is 3. The second-order valence-electron chi connectivity index (χ2n) is 7.06. The van der Waals surface area contributed by atoms with Crippen molar-refractivity contribution in [3.63, 3.8) is 0 Å². The molecule has 2 heterocycles. The van der Waals surface area contributed by atoms with Crippen LogP contribution in [0.2, 0.25) is 0 Å². The first-order valence-electron chi connectivity index (χ1n) is 9.35. The maximum atomic E-state index is 14.6. The lowest BCUT2D eigenvalue weighted by Crippen LogP contribution is -2.17. The predicted octanol–water partition coefficient (Wildman–Crippen LogP) is 3.46. The maximum absolute atomic E-state index is 14.6. The molecule has 0 aliphatic heterocycles. The van der Waals surface area contributed by atoms with Crippen LogP contribution in [0.15, 0.2) is 59.8 Å². The van der Waals surface area contributed by atoms with E-state index in [1.165, 1.54) is 29.4 Å². The molecule has 0 saturated carbocycles. The molecular weight excluding hydrogens is 431 g/mol. The first-order valence-corrected chi connectivity index (χ1v) is 11.2. The number of nitrogen functional groups attached to an aromatic ring is 1. The number of sulfone groups is 1. The predicted molar refractivity (Wildman–Crippen MR) is 119 cm³/mol. The molecule has 0 fully saturated rings. The Bertz CT molecular complexity index is 1520. The number of pyridine rings is 1. The molecule has 0 amide bonds. The molecule has 8 nitrogen and oxygen atoms in total. The van der Waals surface area contributed by atoms with Crippen molar-refractivity contribution in [3.8, 4) is 17.2 Å². The molecule has 0 saturated heterocycles. The van der Waals surface area contributed by atoms with E-state index in [0.29, 0.717) is 16.6 Å². The van der Waals surface area contributed by atoms with E-state index in [4.69, 9.17) is 5.73 Å². The highest BCUT2D eigenvalue weighted by Crippen LogP contribution is 2.39. The van der Waals surface area contributed by atoms with Crippen molar-refractivity contribution in [1.82, 2.24) is 15.0 Å². The van der Waals surface area contributed by atoms with Gasteiger partial charge in [0.1, 0.15) is 35.4 Å². The van der Waals surface area contributed by atoms with Gasteiger partial charge in [-0.2, -0.15) is 5.26 Å². The van der Waals surface area contributed by atoms with E-state index in [2.05, 4.69) is 15.0 Å². The summed E-state index contributed by atoms with van der Waals surface area (Å²) < 4.78 is 39.5. The third-order valence-corrected chi connectivity index (χ3v) is 6.12. The molecule has 4 aromatic rings. The van der Waals surface area contributed by atoms with Crippen LogP contribution in [-0.2, 0) is 9.84 Å². The molecule has 4 rings (SSSR count). The third kappa shape index (κ3) is 3.59. The summed E-state index contributed by atoms with van der Waals surface area (Å²) in [4.78, 5) is 14.2. The van der Waals surface area contributed by atoms with Gasteiger partial charge in [-0.25, -0.2) is 27.8 Å². The minimum atomic E-state index is -3.61. The number of nitriles is 1. The van der Waals surface area contributed by atoms with E-state index in [-0.39, 0.29) is 33.3 Å². The van der Waals surface area contributed by atoms with Crippen molar-refractivity contribution in [2.24, 2.45) is 0 Å². The maximum Gasteiger partial charge on any atom is 0.176 e. The van der Waals surface area contributed by atoms with Crippen LogP contribution in [0.4, 0.5) is 21.8 Å². The molecule has 0 radical (unpaired) electrons. The lowest BCUT2D eigenvalue weighted by Gasteiger charge is -2.23. The number of benzene rings is 2. The highest BCUT2D eigenvalue weighted by atomic mass is 32.2. The number of hydrogen-bond acceptors (Lipinski definition) is 8. The van der Waals surface area contributed by atoms with Crippen LogP contribution in [-0.4, -0.2) is 36.7 Å². The Morgan fingerprint density at radius 2 is 1.81 bits per heavy atom. The van der Waals surface area contributed by atoms with Crippen molar-refractivity contribution in [2.75, 3.05) is 23.9 Å². The van der Waals surface area contributed by atoms with Crippen LogP contribution in [0.5, 0.6) is 0 Å². The van der Waals surface area contributed by atoms with Gasteiger partial charge in [0, 0.05) is 29.8 Å². The zero-order valence-electron chi connectivity index (χ0n) is 17.1. The van der Waals surface area contributed by atoms with E-state index in [0.717, 1.165) is 6.26 Å². The largest absolute Gasteiger partial charge is 0.382 e. The Balaban J connectivity index is 2.09. The van der Waals surface area contributed by atoms with Gasteiger partial charge in [-0.15, -0.1) is 0 Å². The standard InChI is InChI=1S/C22H17FN6O2S/c1-29(21-16(11-24)20(25)26-12-27-21)22-14(10-15-17(23)7-5-8-18(15)28-22)13-6-3-4-9-19(13)32(2,30)31/h3-10,12H,1-2H3,(H2,25,26,27). The average Bonchev–Trinajstić information content (AvgIpc) is 2.77. The molecule has 2 N–H and O–H groups in total. The topological polar surface area (TPSA) is 126 Å². The number of nitrogens with two attached hydrogens (primary N) is 1. The zero-order chi connectivity index (χ0) is 23.0. The minimum absolute atomic E-state index is 0.00531. The van der Waals surface area contributed by atoms with Crippen molar-refractivity contribution in [2.45, 2.75) is 4.90 Å². The molecule has 0 bridgehead atoms. The van der Waals surface area contributed by atoms with Crippen molar-refractivity contribution in [1.29, 1.82) is 5.26 Å². The van der Waals surface area contributed by atoms with Crippen LogP contribution >= 0.6 is 0 Å². The Labute approximate surface area is 183 Å². The van der Waals surface area contributed by atoms with Gasteiger partial charge >= 0.3 is 0 Å². The summed E-state index contributed by atoms with van der Waals surface area (Å²) >= 11 is 0. The fourth-order valence-electron chi connectivity index (χ4n) is 3.47. The highest BCUT2D eigenvalue weighted by molar-refractivity contribution is 7.90. The minimum Gasteiger partial charge on any atom is -0.382 e. The van der Waals surface area contributed by atoms with Gasteiger partial charge < -0.3 is 10.6 Å². The molecule has 10 heteroatoms. The Kier molecular flexibility index (Phi) is 5.20. The molecule has 0 aliphatic carbocycles. The Hall–Kier alpha value is -4.10. The first kappa shape index (κ1) is 21.1. The summed E-state index contributed by atoms with van der Waals surface area (Å²) in [6.07, 6.45) is 2.32. The molecule has 2 aromatic heterocycles. The second kappa shape index (κ2) is 7.86. The van der Waals surface area contributed by atoms with E-state index >= 15 is 0 Å². The molecule has 0 spiro atoms. The van der Waals surface area contributed by atoms with Crippen LogP contribution in [0.3, 0.4) is 0 Å². The number of fused-ring (bicyclic) bond motifs is 1. The van der Waals surface area contributed by atoms with Gasteiger partial charge in [-0.1, -0.05) is 24.3 Å². The molecule has 0 atom stereocenters. The average molecular weight is 448 g/mol. The van der Waals surface area contributed by atoms with E-state index in [1.54, 1.807) is 37.4 Å². The summed E-state index contributed by atoms with van der Waals surface area (Å²) in [6.45, 7) is 0. The quantitative estimate of drug-likeness (QED) is 0.503. The summed E-state index contributed by atoms with van der Waals surface area (Å²) in [5, 5.41) is 9.78. The van der Waals surface area contributed by atoms with Crippen LogP contribution in [0.1, 0.15) is 5.56 Å². The van der Waals surface area contributed by atoms with Crippen molar-refractivity contribution in [3.05, 3.63) is 66.2 Å². The van der Waals surface area contributed by atoms with Gasteiger partial charge in [-0.05, 0) is 24.3 Å². The lowest BCUT2D eigenvalue weighted by atomic mass is 10.0. The van der Waals surface area contributed by atoms with Crippen LogP contribution in [0.25, 0.3) is 22.0 Å². The monoisotopic (exact) mass is 448 g/mol. The van der Waals surface area contributed by atoms with E-state index in [1.807, 2.05) is 6.07 Å². The molecule has 0 aliphatic rings. The smallest absolute Gasteiger partial charge is 0.176 e. The third-order valence-electron chi connectivity index (χ3n) is 4.97. The number of hydrogen-bond donors (Lipinski definition) is 1. The zero-order valence-corrected chi connectivity index (χ0v) is 17.9. The fourth-order valence-corrected chi connectivity index (χ4v) is 4.37. The summed E-state index contributed by atoms with van der Waals surface area (Å²) in [5.74, 6) is -0.0457. The van der Waals surface area contributed by atoms with E-state index in [9.17, 15) is 18.1 Å². The fraction of sp³-hybridized carbons (Fsp3) is 0.0909. The van der Waals surface area contributed by atoms with Crippen LogP contribution < -0.4 is 10.6 Å². The molecule has 0 unspecified atom stereocenters. The molecule has 2 aromatic carbocycles. The van der Waals surface area contributed by atoms with Crippen LogP contribution in [0, 0.1) is 17.1 Å². The van der Waals surface area contributed by atoms with Crippen molar-refractivity contribution < 1.29 is 12.8 Å². The number of anilines is 3. The van der Waals surface area contributed by atoms with Gasteiger partial charge in [-0.3, -0.25) is 0 Å². The number of halogens is 1. The number of rotatable bonds is 4. The van der Waals surface area contributed by atoms with Gasteiger partial charge in [0.05, 0.1) is 10.4 Å². The summed E-state index contributed by atoms with van der Waals surface area (Å²) in [6, 6.07) is 14.4. The highest BCUT2D eigenvalue weighted by Gasteiger charge is 2.23. The Morgan fingerprint density at radius 3 is 2.53 bits per heavy atom. The van der Waals surface area contributed by atoms with E-state index < -0.39 is 15.7 Å². The SMILES string of the molecule is CN(c1nc2cccc(F)c2cc1-c1ccccc1S(C)(=O)=O)c1ncnc(N)c1C#N. The van der Waals surface area contributed by atoms with Crippen molar-refractivity contribution >= 4 is 38.2 Å². The summed E-state index contributed by atoms with van der Waals surface area (Å²) in [7, 11) is -2.00. The molecule has 32 heavy (non-hydrogen) atoms. The van der Waals surface area contributed by atoms with Gasteiger partial charge in [0.2, 0.25) is 0 Å². The number of nitrogens with zero attached hydrogens (tertiary/aromatic N) is 5. The Morgan fingerprint density at radius 1 is 1.06 bits per heavy atom. The van der Waals surface area contributed by atoms with Gasteiger partial charge in [0.15, 0.2) is 15.7 Å². The lowest BCUT2D eigenvalue weighted by molar-refractivity contribution is 0.602. The molecular formula is C22H17FN6O2S. The first-order chi connectivity index (χ1) is 15.2. The normalized spacial score (nSPS) is 11.3. The molecule has 160 valence electrons. The summed E-state index contributed by atoms with van der Waals surface area (Å²) in [5.41, 5.74) is 6.93. The second-order valence-corrected chi connectivity index (χ2v) is 9.05. The van der Waals surface area contributed by atoms with Gasteiger partial charge in [0.25, 0.3) is 0 Å².